The molecule has 0 atom stereocenters. The van der Waals surface area contributed by atoms with Gasteiger partial charge in [0.25, 0.3) is 5.69 Å². The Morgan fingerprint density at radius 3 is 1.62 bits per heavy atom. The minimum Gasteiger partial charge on any atom is -0.258 e. The van der Waals surface area contributed by atoms with Crippen molar-refractivity contribution in [1.29, 1.82) is 0 Å². The number of halogens is 3. The summed E-state index contributed by atoms with van der Waals surface area (Å²) in [6, 6.07) is 0. The molecule has 0 aliphatic rings. The number of rotatable bonds is 2. The summed E-state index contributed by atoms with van der Waals surface area (Å²) in [6.07, 6.45) is 0. The first kappa shape index (κ1) is 13.0. The molecule has 9 heteroatoms. The van der Waals surface area contributed by atoms with Crippen LogP contribution >= 0.6 is 34.8 Å². The predicted octanol–water partition coefficient (Wildman–Crippen LogP) is 3.77. The molecule has 6 nitrogen and oxygen atoms in total. The van der Waals surface area contributed by atoms with Gasteiger partial charge < -0.3 is 0 Å². The maximum Gasteiger partial charge on any atom is 0.308 e. The second-order valence-corrected chi connectivity index (χ2v) is 3.91. The van der Waals surface area contributed by atoms with Crippen molar-refractivity contribution in [2.24, 2.45) is 0 Å². The summed E-state index contributed by atoms with van der Waals surface area (Å²) in [6.45, 7) is 1.26. The summed E-state index contributed by atoms with van der Waals surface area (Å²) in [7, 11) is 0. The Labute approximate surface area is 104 Å². The molecule has 0 aliphatic heterocycles. The molecule has 1 aromatic rings. The molecule has 0 amide bonds. The molecule has 0 heterocycles. The zero-order chi connectivity index (χ0) is 12.6. The number of nitro groups is 2. The van der Waals surface area contributed by atoms with Crippen LogP contribution in [0.15, 0.2) is 0 Å². The van der Waals surface area contributed by atoms with Gasteiger partial charge in [0, 0.05) is 0 Å². The Hall–Kier alpha value is -1.11. The van der Waals surface area contributed by atoms with E-state index in [2.05, 4.69) is 0 Å². The van der Waals surface area contributed by atoms with Crippen molar-refractivity contribution in [3.63, 3.8) is 0 Å². The molecule has 86 valence electrons. The van der Waals surface area contributed by atoms with E-state index in [9.17, 15) is 20.2 Å². The lowest BCUT2D eigenvalue weighted by Crippen LogP contribution is -1.99. The Bertz CT molecular complexity index is 429. The molecule has 0 spiro atoms. The van der Waals surface area contributed by atoms with Crippen LogP contribution in [0.5, 0.6) is 0 Å². The third kappa shape index (κ3) is 1.91. The highest BCUT2D eigenvalue weighted by Gasteiger charge is 2.32. The fourth-order valence-electron chi connectivity index (χ4n) is 1.13. The van der Waals surface area contributed by atoms with E-state index in [1.807, 2.05) is 0 Å². The Balaban J connectivity index is 3.77. The van der Waals surface area contributed by atoms with Crippen LogP contribution in [0, 0.1) is 27.2 Å². The lowest BCUT2D eigenvalue weighted by atomic mass is 10.2. The van der Waals surface area contributed by atoms with Gasteiger partial charge in [-0.2, -0.15) is 0 Å². The van der Waals surface area contributed by atoms with Gasteiger partial charge >= 0.3 is 5.69 Å². The van der Waals surface area contributed by atoms with E-state index in [1.165, 1.54) is 6.92 Å². The van der Waals surface area contributed by atoms with Crippen molar-refractivity contribution < 1.29 is 9.85 Å². The van der Waals surface area contributed by atoms with Crippen LogP contribution in [-0.4, -0.2) is 9.85 Å². The molecule has 0 bridgehead atoms. The van der Waals surface area contributed by atoms with Crippen molar-refractivity contribution in [2.75, 3.05) is 0 Å². The van der Waals surface area contributed by atoms with E-state index in [4.69, 9.17) is 34.8 Å². The maximum atomic E-state index is 10.7. The largest absolute Gasteiger partial charge is 0.308 e. The Kier molecular flexibility index (Phi) is 3.57. The minimum absolute atomic E-state index is 0.0900. The summed E-state index contributed by atoms with van der Waals surface area (Å²) in [5.41, 5.74) is -1.24. The summed E-state index contributed by atoms with van der Waals surface area (Å²) >= 11 is 16.8. The minimum atomic E-state index is -0.840. The number of nitro benzene ring substituents is 2. The third-order valence-corrected chi connectivity index (χ3v) is 3.16. The van der Waals surface area contributed by atoms with Gasteiger partial charge in [-0.3, -0.25) is 20.2 Å². The fourth-order valence-corrected chi connectivity index (χ4v) is 1.98. The zero-order valence-electron chi connectivity index (χ0n) is 7.66. The van der Waals surface area contributed by atoms with Crippen LogP contribution in [0.3, 0.4) is 0 Å². The summed E-state index contributed by atoms with van der Waals surface area (Å²) < 4.78 is 0. The molecule has 0 fully saturated rings. The normalized spacial score (nSPS) is 10.2. The van der Waals surface area contributed by atoms with Crippen molar-refractivity contribution in [3.05, 3.63) is 40.9 Å². The number of nitrogens with zero attached hydrogens (tertiary/aromatic N) is 2. The van der Waals surface area contributed by atoms with Crippen LogP contribution in [-0.2, 0) is 0 Å². The van der Waals surface area contributed by atoms with Crippen LogP contribution in [0.2, 0.25) is 15.1 Å². The molecular weight excluding hydrogens is 282 g/mol. The number of hydrogen-bond acceptors (Lipinski definition) is 4. The highest BCUT2D eigenvalue weighted by atomic mass is 35.5. The predicted molar refractivity (Wildman–Crippen MR) is 59.5 cm³/mol. The van der Waals surface area contributed by atoms with Gasteiger partial charge in [-0.15, -0.1) is 0 Å². The van der Waals surface area contributed by atoms with E-state index in [0.717, 1.165) is 0 Å². The zero-order valence-corrected chi connectivity index (χ0v) is 9.93. The van der Waals surface area contributed by atoms with Gasteiger partial charge in [-0.1, -0.05) is 34.8 Å². The van der Waals surface area contributed by atoms with Gasteiger partial charge in [0.15, 0.2) is 0 Å². The molecule has 0 radical (unpaired) electrons. The van der Waals surface area contributed by atoms with Gasteiger partial charge in [-0.25, -0.2) is 0 Å². The van der Waals surface area contributed by atoms with Gasteiger partial charge in [0.1, 0.15) is 15.1 Å². The monoisotopic (exact) mass is 284 g/mol. The molecule has 16 heavy (non-hydrogen) atoms. The van der Waals surface area contributed by atoms with E-state index in [0.29, 0.717) is 0 Å². The lowest BCUT2D eigenvalue weighted by molar-refractivity contribution is -0.389. The quantitative estimate of drug-likeness (QED) is 0.470. The molecule has 0 aliphatic carbocycles. The number of benzene rings is 1. The van der Waals surface area contributed by atoms with Crippen molar-refractivity contribution in [3.8, 4) is 0 Å². The first-order valence-electron chi connectivity index (χ1n) is 3.74. The first-order chi connectivity index (χ1) is 7.29. The van der Waals surface area contributed by atoms with E-state index in [-0.39, 0.29) is 10.6 Å². The van der Waals surface area contributed by atoms with E-state index < -0.39 is 31.3 Å². The van der Waals surface area contributed by atoms with E-state index >= 15 is 0 Å². The summed E-state index contributed by atoms with van der Waals surface area (Å²) in [4.78, 5) is 19.7. The third-order valence-electron chi connectivity index (χ3n) is 1.87. The van der Waals surface area contributed by atoms with Gasteiger partial charge in [0.05, 0.1) is 15.4 Å². The molecular formula is C7H3Cl3N2O4. The molecule has 1 rings (SSSR count). The Morgan fingerprint density at radius 1 is 0.875 bits per heavy atom. The first-order valence-corrected chi connectivity index (χ1v) is 4.88. The van der Waals surface area contributed by atoms with E-state index in [1.54, 1.807) is 0 Å². The second kappa shape index (κ2) is 4.40. The molecule has 0 aromatic heterocycles. The average Bonchev–Trinajstić information content (AvgIpc) is 2.14. The second-order valence-electron chi connectivity index (χ2n) is 2.78. The molecule has 1 aromatic carbocycles. The van der Waals surface area contributed by atoms with Crippen LogP contribution in [0.1, 0.15) is 5.56 Å². The summed E-state index contributed by atoms with van der Waals surface area (Å²) in [5.74, 6) is 0. The van der Waals surface area contributed by atoms with Crippen LogP contribution < -0.4 is 0 Å². The molecule has 0 saturated heterocycles. The highest BCUT2D eigenvalue weighted by Crippen LogP contribution is 2.46. The lowest BCUT2D eigenvalue weighted by Gasteiger charge is -2.05. The van der Waals surface area contributed by atoms with Crippen molar-refractivity contribution >= 4 is 46.2 Å². The Morgan fingerprint density at radius 2 is 1.25 bits per heavy atom. The standard InChI is InChI=1S/C7H3Cl3N2O4/c1-2-3(8)7(12(15)16)5(10)4(9)6(2)11(13)14/h1H3. The number of hydrogen-bond donors (Lipinski definition) is 0. The maximum absolute atomic E-state index is 10.7. The van der Waals surface area contributed by atoms with Gasteiger partial charge in [0.2, 0.25) is 0 Å². The SMILES string of the molecule is Cc1c(Cl)c([N+](=O)[O-])c(Cl)c(Cl)c1[N+](=O)[O-]. The highest BCUT2D eigenvalue weighted by molar-refractivity contribution is 6.47. The topological polar surface area (TPSA) is 86.3 Å². The smallest absolute Gasteiger partial charge is 0.258 e. The molecule has 0 N–H and O–H groups in total. The average molecular weight is 285 g/mol. The summed E-state index contributed by atoms with van der Waals surface area (Å²) in [5, 5.41) is 19.9. The fraction of sp³-hybridized carbons (Fsp3) is 0.143. The van der Waals surface area contributed by atoms with Crippen LogP contribution in [0.25, 0.3) is 0 Å². The molecule has 0 saturated carbocycles. The van der Waals surface area contributed by atoms with Crippen molar-refractivity contribution in [1.82, 2.24) is 0 Å². The van der Waals surface area contributed by atoms with Crippen LogP contribution in [0.4, 0.5) is 11.4 Å². The molecule has 0 unspecified atom stereocenters. The van der Waals surface area contributed by atoms with Crippen molar-refractivity contribution in [2.45, 2.75) is 6.92 Å². The van der Waals surface area contributed by atoms with Gasteiger partial charge in [-0.05, 0) is 6.92 Å².